The third-order valence-electron chi connectivity index (χ3n) is 5.01. The summed E-state index contributed by atoms with van der Waals surface area (Å²) in [6, 6.07) is 12.6. The van der Waals surface area contributed by atoms with Crippen molar-refractivity contribution in [3.8, 4) is 22.6 Å². The Morgan fingerprint density at radius 1 is 0.750 bits per heavy atom. The van der Waals surface area contributed by atoms with Crippen LogP contribution in [-0.2, 0) is 25.4 Å². The van der Waals surface area contributed by atoms with Gasteiger partial charge in [0, 0.05) is 19.8 Å². The first-order valence-corrected chi connectivity index (χ1v) is 11.3. The molecule has 0 amide bonds. The van der Waals surface area contributed by atoms with Gasteiger partial charge in [-0.2, -0.15) is 0 Å². The molecule has 2 aromatic rings. The molecule has 2 rings (SSSR count). The lowest BCUT2D eigenvalue weighted by atomic mass is 9.98. The van der Waals surface area contributed by atoms with Crippen LogP contribution in [0.5, 0.6) is 11.5 Å². The van der Waals surface area contributed by atoms with E-state index in [4.69, 9.17) is 28.4 Å². The van der Waals surface area contributed by atoms with Gasteiger partial charge in [-0.1, -0.05) is 61.7 Å². The van der Waals surface area contributed by atoms with Gasteiger partial charge in [0.05, 0.1) is 26.4 Å². The maximum Gasteiger partial charge on any atom is 0.189 e. The predicted molar refractivity (Wildman–Crippen MR) is 126 cm³/mol. The molecule has 0 N–H and O–H groups in total. The predicted octanol–water partition coefficient (Wildman–Crippen LogP) is 5.39. The normalized spacial score (nSPS) is 11.0. The summed E-state index contributed by atoms with van der Waals surface area (Å²) in [5.74, 6) is 1.39. The lowest BCUT2D eigenvalue weighted by molar-refractivity contribution is -0.0208. The molecular formula is C26H38O6. The van der Waals surface area contributed by atoms with Crippen LogP contribution < -0.4 is 9.47 Å². The van der Waals surface area contributed by atoms with Gasteiger partial charge in [0.25, 0.3) is 0 Å². The Morgan fingerprint density at radius 3 is 2.06 bits per heavy atom. The molecule has 2 aromatic carbocycles. The first-order chi connectivity index (χ1) is 15.7. The van der Waals surface area contributed by atoms with Crippen molar-refractivity contribution in [1.82, 2.24) is 0 Å². The largest absolute Gasteiger partial charge is 0.463 e. The number of aryl methyl sites for hydroxylation is 2. The number of methoxy groups -OCH3 is 2. The first-order valence-electron chi connectivity index (χ1n) is 11.3. The lowest BCUT2D eigenvalue weighted by Crippen LogP contribution is -2.12. The van der Waals surface area contributed by atoms with Crippen LogP contribution in [0.2, 0.25) is 0 Å². The van der Waals surface area contributed by atoms with Gasteiger partial charge in [-0.25, -0.2) is 0 Å². The highest BCUT2D eigenvalue weighted by atomic mass is 16.7. The standard InChI is InChI=1S/C26H38O6/c1-5-6-7-10-22-12-13-24(23-11-8-9-21(2)18-23)26(32-20-30-17-15-28-4)25(22)31-19-29-16-14-27-3/h8-9,11-13,18H,5-7,10,14-17,19-20H2,1-4H3. The van der Waals surface area contributed by atoms with E-state index in [0.717, 1.165) is 36.0 Å². The second kappa shape index (κ2) is 15.6. The SMILES string of the molecule is CCCCCc1ccc(-c2cccc(C)c2)c(OCOCCOC)c1OCOCCOC. The summed E-state index contributed by atoms with van der Waals surface area (Å²) in [6.45, 7) is 6.49. The van der Waals surface area contributed by atoms with Crippen molar-refractivity contribution < 1.29 is 28.4 Å². The van der Waals surface area contributed by atoms with Crippen molar-refractivity contribution in [1.29, 1.82) is 0 Å². The van der Waals surface area contributed by atoms with Gasteiger partial charge >= 0.3 is 0 Å². The van der Waals surface area contributed by atoms with Gasteiger partial charge in [0.1, 0.15) is 0 Å². The molecule has 0 unspecified atom stereocenters. The molecule has 0 saturated carbocycles. The fraction of sp³-hybridized carbons (Fsp3) is 0.538. The third kappa shape index (κ3) is 8.79. The fourth-order valence-corrected chi connectivity index (χ4v) is 3.31. The molecule has 0 bridgehead atoms. The molecule has 0 heterocycles. The monoisotopic (exact) mass is 446 g/mol. The summed E-state index contributed by atoms with van der Waals surface area (Å²) in [5, 5.41) is 0. The van der Waals surface area contributed by atoms with Crippen LogP contribution in [0.4, 0.5) is 0 Å². The van der Waals surface area contributed by atoms with E-state index in [9.17, 15) is 0 Å². The van der Waals surface area contributed by atoms with Gasteiger partial charge in [-0.3, -0.25) is 0 Å². The highest BCUT2D eigenvalue weighted by Crippen LogP contribution is 2.42. The summed E-state index contributed by atoms with van der Waals surface area (Å²) in [4.78, 5) is 0. The number of unbranched alkanes of at least 4 members (excludes halogenated alkanes) is 2. The molecule has 6 heteroatoms. The zero-order valence-corrected chi connectivity index (χ0v) is 20.0. The Kier molecular flexibility index (Phi) is 12.8. The molecule has 0 atom stereocenters. The minimum absolute atomic E-state index is 0.113. The van der Waals surface area contributed by atoms with Crippen molar-refractivity contribution in [2.45, 2.75) is 39.5 Å². The average Bonchev–Trinajstić information content (AvgIpc) is 2.80. The highest BCUT2D eigenvalue weighted by molar-refractivity contribution is 5.75. The summed E-state index contributed by atoms with van der Waals surface area (Å²) < 4.78 is 33.6. The Bertz CT molecular complexity index is 777. The molecule has 0 aliphatic heterocycles. The van der Waals surface area contributed by atoms with Gasteiger partial charge in [0.2, 0.25) is 0 Å². The molecule has 0 fully saturated rings. The highest BCUT2D eigenvalue weighted by Gasteiger charge is 2.18. The summed E-state index contributed by atoms with van der Waals surface area (Å²) >= 11 is 0. The molecule has 0 spiro atoms. The van der Waals surface area contributed by atoms with Crippen molar-refractivity contribution in [3.05, 3.63) is 47.5 Å². The van der Waals surface area contributed by atoms with E-state index in [1.165, 1.54) is 12.0 Å². The molecule has 0 aliphatic rings. The molecule has 0 aromatic heterocycles. The molecule has 178 valence electrons. The number of hydrogen-bond acceptors (Lipinski definition) is 6. The number of rotatable bonds is 17. The van der Waals surface area contributed by atoms with E-state index in [1.807, 2.05) is 6.07 Å². The van der Waals surface area contributed by atoms with Gasteiger partial charge in [0.15, 0.2) is 25.1 Å². The summed E-state index contributed by atoms with van der Waals surface area (Å²) in [5.41, 5.74) is 4.33. The molecule has 32 heavy (non-hydrogen) atoms. The third-order valence-corrected chi connectivity index (χ3v) is 5.01. The molecule has 0 saturated heterocycles. The van der Waals surface area contributed by atoms with Crippen LogP contribution in [0, 0.1) is 6.92 Å². The first kappa shape index (κ1) is 26.1. The number of ether oxygens (including phenoxy) is 6. The second-order valence-electron chi connectivity index (χ2n) is 7.58. The number of hydrogen-bond donors (Lipinski definition) is 0. The average molecular weight is 447 g/mol. The van der Waals surface area contributed by atoms with Gasteiger partial charge in [-0.05, 0) is 30.9 Å². The van der Waals surface area contributed by atoms with E-state index < -0.39 is 0 Å². The zero-order valence-electron chi connectivity index (χ0n) is 20.0. The van der Waals surface area contributed by atoms with Crippen molar-refractivity contribution >= 4 is 0 Å². The van der Waals surface area contributed by atoms with Gasteiger partial charge in [-0.15, -0.1) is 0 Å². The van der Waals surface area contributed by atoms with Crippen LogP contribution in [-0.4, -0.2) is 54.2 Å². The van der Waals surface area contributed by atoms with Crippen molar-refractivity contribution in [3.63, 3.8) is 0 Å². The Hall–Kier alpha value is -2.12. The van der Waals surface area contributed by atoms with Crippen LogP contribution in [0.3, 0.4) is 0 Å². The zero-order chi connectivity index (χ0) is 23.0. The minimum Gasteiger partial charge on any atom is -0.463 e. The van der Waals surface area contributed by atoms with Crippen LogP contribution in [0.1, 0.15) is 37.3 Å². The quantitative estimate of drug-likeness (QED) is 0.240. The van der Waals surface area contributed by atoms with Crippen LogP contribution >= 0.6 is 0 Å². The minimum atomic E-state index is 0.113. The molecule has 0 aliphatic carbocycles. The van der Waals surface area contributed by atoms with Crippen molar-refractivity contribution in [2.24, 2.45) is 0 Å². The fourth-order valence-electron chi connectivity index (χ4n) is 3.31. The second-order valence-corrected chi connectivity index (χ2v) is 7.58. The van der Waals surface area contributed by atoms with Gasteiger partial charge < -0.3 is 28.4 Å². The van der Waals surface area contributed by atoms with E-state index in [0.29, 0.717) is 37.9 Å². The van der Waals surface area contributed by atoms with E-state index in [-0.39, 0.29) is 13.6 Å². The summed E-state index contributed by atoms with van der Waals surface area (Å²) in [7, 11) is 3.30. The lowest BCUT2D eigenvalue weighted by Gasteiger charge is -2.20. The van der Waals surface area contributed by atoms with E-state index >= 15 is 0 Å². The molecule has 6 nitrogen and oxygen atoms in total. The molecular weight excluding hydrogens is 408 g/mol. The van der Waals surface area contributed by atoms with E-state index in [2.05, 4.69) is 44.2 Å². The maximum atomic E-state index is 6.15. The number of benzene rings is 2. The smallest absolute Gasteiger partial charge is 0.189 e. The van der Waals surface area contributed by atoms with Crippen molar-refractivity contribution in [2.75, 3.05) is 54.2 Å². The Balaban J connectivity index is 2.34. The van der Waals surface area contributed by atoms with E-state index in [1.54, 1.807) is 14.2 Å². The Morgan fingerprint density at radius 2 is 1.44 bits per heavy atom. The summed E-state index contributed by atoms with van der Waals surface area (Å²) in [6.07, 6.45) is 4.33. The maximum absolute atomic E-state index is 6.15. The topological polar surface area (TPSA) is 55.4 Å². The van der Waals surface area contributed by atoms with Crippen LogP contribution in [0.15, 0.2) is 36.4 Å². The molecule has 0 radical (unpaired) electrons. The van der Waals surface area contributed by atoms with Crippen LogP contribution in [0.25, 0.3) is 11.1 Å². The Labute approximate surface area is 192 Å².